The SMILES string of the molecule is C[NH+](C)CCCN(C(=O)CCl)c1nc(-c2ccc(F)cc2)cs1. The molecule has 0 atom stereocenters. The number of benzene rings is 1. The molecule has 0 aliphatic heterocycles. The van der Waals surface area contributed by atoms with Crippen LogP contribution in [0.1, 0.15) is 6.42 Å². The molecule has 0 unspecified atom stereocenters. The zero-order valence-electron chi connectivity index (χ0n) is 13.2. The van der Waals surface area contributed by atoms with E-state index in [4.69, 9.17) is 11.6 Å². The van der Waals surface area contributed by atoms with Gasteiger partial charge in [0.1, 0.15) is 11.7 Å². The van der Waals surface area contributed by atoms with Crippen molar-refractivity contribution in [2.45, 2.75) is 6.42 Å². The molecule has 1 amide bonds. The Morgan fingerprint density at radius 2 is 2.04 bits per heavy atom. The third kappa shape index (κ3) is 4.99. The second-order valence-corrected chi connectivity index (χ2v) is 6.62. The molecule has 23 heavy (non-hydrogen) atoms. The topological polar surface area (TPSA) is 37.6 Å². The highest BCUT2D eigenvalue weighted by Gasteiger charge is 2.18. The van der Waals surface area contributed by atoms with Crippen LogP contribution in [0, 0.1) is 5.82 Å². The van der Waals surface area contributed by atoms with Crippen LogP contribution in [-0.4, -0.2) is 44.0 Å². The molecule has 1 N–H and O–H groups in total. The number of thiazole rings is 1. The van der Waals surface area contributed by atoms with E-state index in [9.17, 15) is 9.18 Å². The fraction of sp³-hybridized carbons (Fsp3) is 0.375. The van der Waals surface area contributed by atoms with Gasteiger partial charge in [-0.05, 0) is 24.3 Å². The molecular weight excluding hydrogens is 337 g/mol. The number of aromatic nitrogens is 1. The molecule has 1 aromatic heterocycles. The standard InChI is InChI=1S/C16H19ClFN3OS/c1-20(2)8-3-9-21(15(22)10-17)16-19-14(11-23-16)12-4-6-13(18)7-5-12/h4-7,11H,3,8-10H2,1-2H3/p+1. The average molecular weight is 357 g/mol. The number of rotatable bonds is 7. The van der Waals surface area contributed by atoms with Gasteiger partial charge in [0.2, 0.25) is 5.91 Å². The van der Waals surface area contributed by atoms with Crippen LogP contribution in [0.5, 0.6) is 0 Å². The van der Waals surface area contributed by atoms with Crippen LogP contribution in [0.25, 0.3) is 11.3 Å². The van der Waals surface area contributed by atoms with Gasteiger partial charge < -0.3 is 4.90 Å². The van der Waals surface area contributed by atoms with E-state index in [0.717, 1.165) is 24.2 Å². The fourth-order valence-electron chi connectivity index (χ4n) is 2.13. The first-order chi connectivity index (χ1) is 11.0. The number of amides is 1. The monoisotopic (exact) mass is 356 g/mol. The average Bonchev–Trinajstić information content (AvgIpc) is 3.01. The van der Waals surface area contributed by atoms with Crippen molar-refractivity contribution in [3.05, 3.63) is 35.5 Å². The Labute approximate surface area is 144 Å². The Morgan fingerprint density at radius 1 is 1.35 bits per heavy atom. The second-order valence-electron chi connectivity index (χ2n) is 5.51. The summed E-state index contributed by atoms with van der Waals surface area (Å²) in [7, 11) is 4.15. The van der Waals surface area contributed by atoms with E-state index in [2.05, 4.69) is 19.1 Å². The molecule has 0 radical (unpaired) electrons. The number of alkyl halides is 1. The van der Waals surface area contributed by atoms with Crippen molar-refractivity contribution in [3.63, 3.8) is 0 Å². The van der Waals surface area contributed by atoms with E-state index in [1.165, 1.54) is 28.4 Å². The van der Waals surface area contributed by atoms with Gasteiger partial charge in [0.15, 0.2) is 5.13 Å². The van der Waals surface area contributed by atoms with Crippen molar-refractivity contribution >= 4 is 34.0 Å². The molecule has 1 aromatic carbocycles. The summed E-state index contributed by atoms with van der Waals surface area (Å²) in [5, 5.41) is 2.50. The maximum absolute atomic E-state index is 13.0. The minimum Gasteiger partial charge on any atom is -0.340 e. The van der Waals surface area contributed by atoms with Crippen molar-refractivity contribution in [2.75, 3.05) is 38.0 Å². The number of halogens is 2. The van der Waals surface area contributed by atoms with Crippen molar-refractivity contribution in [3.8, 4) is 11.3 Å². The molecule has 0 aliphatic carbocycles. The molecule has 2 aromatic rings. The number of carbonyl (C=O) groups excluding carboxylic acids is 1. The number of anilines is 1. The van der Waals surface area contributed by atoms with Crippen molar-refractivity contribution in [2.24, 2.45) is 0 Å². The van der Waals surface area contributed by atoms with E-state index in [-0.39, 0.29) is 17.6 Å². The predicted molar refractivity (Wildman–Crippen MR) is 92.9 cm³/mol. The molecule has 2 rings (SSSR count). The second kappa shape index (κ2) is 8.38. The number of quaternary nitrogens is 1. The third-order valence-corrected chi connectivity index (χ3v) is 4.43. The van der Waals surface area contributed by atoms with Gasteiger partial charge in [0.05, 0.1) is 26.3 Å². The highest BCUT2D eigenvalue weighted by atomic mass is 35.5. The molecule has 0 fully saturated rings. The number of nitrogens with one attached hydrogen (secondary N) is 1. The number of hydrogen-bond donors (Lipinski definition) is 1. The Kier molecular flexibility index (Phi) is 6.50. The van der Waals surface area contributed by atoms with Gasteiger partial charge in [-0.25, -0.2) is 9.37 Å². The molecule has 0 spiro atoms. The number of carbonyl (C=O) groups is 1. The first-order valence-electron chi connectivity index (χ1n) is 7.38. The smallest absolute Gasteiger partial charge is 0.243 e. The molecule has 0 bridgehead atoms. The van der Waals surface area contributed by atoms with Gasteiger partial charge in [-0.3, -0.25) is 9.69 Å². The van der Waals surface area contributed by atoms with Crippen LogP contribution in [-0.2, 0) is 4.79 Å². The van der Waals surface area contributed by atoms with Crippen LogP contribution in [0.4, 0.5) is 9.52 Å². The Bertz CT molecular complexity index is 645. The Hall–Kier alpha value is -1.50. The van der Waals surface area contributed by atoms with E-state index >= 15 is 0 Å². The van der Waals surface area contributed by atoms with Crippen molar-refractivity contribution in [1.82, 2.24) is 4.98 Å². The summed E-state index contributed by atoms with van der Waals surface area (Å²) in [6.45, 7) is 1.55. The maximum atomic E-state index is 13.0. The van der Waals surface area contributed by atoms with Crippen LogP contribution in [0.15, 0.2) is 29.6 Å². The predicted octanol–water partition coefficient (Wildman–Crippen LogP) is 2.06. The summed E-state index contributed by atoms with van der Waals surface area (Å²) in [6, 6.07) is 6.15. The van der Waals surface area contributed by atoms with E-state index in [1.807, 2.05) is 5.38 Å². The lowest BCUT2D eigenvalue weighted by Crippen LogP contribution is -3.05. The van der Waals surface area contributed by atoms with Gasteiger partial charge in [0, 0.05) is 23.9 Å². The fourth-order valence-corrected chi connectivity index (χ4v) is 3.15. The first-order valence-corrected chi connectivity index (χ1v) is 8.79. The minimum absolute atomic E-state index is 0.0692. The summed E-state index contributed by atoms with van der Waals surface area (Å²) in [5.74, 6) is -0.505. The van der Waals surface area contributed by atoms with E-state index in [0.29, 0.717) is 11.7 Å². The lowest BCUT2D eigenvalue weighted by Gasteiger charge is -2.19. The molecule has 4 nitrogen and oxygen atoms in total. The van der Waals surface area contributed by atoms with Gasteiger partial charge >= 0.3 is 0 Å². The summed E-state index contributed by atoms with van der Waals surface area (Å²) in [4.78, 5) is 19.6. The molecule has 0 aliphatic rings. The molecule has 124 valence electrons. The lowest BCUT2D eigenvalue weighted by atomic mass is 10.2. The minimum atomic E-state index is -0.283. The van der Waals surface area contributed by atoms with E-state index < -0.39 is 0 Å². The lowest BCUT2D eigenvalue weighted by molar-refractivity contribution is -0.858. The van der Waals surface area contributed by atoms with Crippen molar-refractivity contribution in [1.29, 1.82) is 0 Å². The number of hydrogen-bond acceptors (Lipinski definition) is 3. The number of nitrogens with zero attached hydrogens (tertiary/aromatic N) is 2. The molecule has 0 saturated carbocycles. The van der Waals surface area contributed by atoms with Gasteiger partial charge in [-0.2, -0.15) is 0 Å². The molecular formula is C16H20ClFN3OS+. The Morgan fingerprint density at radius 3 is 2.65 bits per heavy atom. The highest BCUT2D eigenvalue weighted by molar-refractivity contribution is 7.14. The summed E-state index contributed by atoms with van der Waals surface area (Å²) in [6.07, 6.45) is 0.871. The first kappa shape index (κ1) is 17.8. The third-order valence-electron chi connectivity index (χ3n) is 3.34. The quantitative estimate of drug-likeness (QED) is 0.771. The van der Waals surface area contributed by atoms with E-state index in [1.54, 1.807) is 17.0 Å². The van der Waals surface area contributed by atoms with Crippen LogP contribution in [0.2, 0.25) is 0 Å². The zero-order valence-corrected chi connectivity index (χ0v) is 14.8. The van der Waals surface area contributed by atoms with Crippen LogP contribution >= 0.6 is 22.9 Å². The van der Waals surface area contributed by atoms with Crippen LogP contribution in [0.3, 0.4) is 0 Å². The summed E-state index contributed by atoms with van der Waals surface area (Å²) < 4.78 is 13.0. The molecule has 7 heteroatoms. The largest absolute Gasteiger partial charge is 0.340 e. The molecule has 0 saturated heterocycles. The van der Waals surface area contributed by atoms with Gasteiger partial charge in [-0.1, -0.05) is 0 Å². The normalized spacial score (nSPS) is 11.0. The summed E-state index contributed by atoms with van der Waals surface area (Å²) in [5.41, 5.74) is 1.56. The maximum Gasteiger partial charge on any atom is 0.243 e. The zero-order chi connectivity index (χ0) is 16.8. The van der Waals surface area contributed by atoms with Gasteiger partial charge in [-0.15, -0.1) is 22.9 Å². The highest BCUT2D eigenvalue weighted by Crippen LogP contribution is 2.28. The summed E-state index contributed by atoms with van der Waals surface area (Å²) >= 11 is 7.11. The molecule has 1 heterocycles. The Balaban J connectivity index is 2.15. The van der Waals surface area contributed by atoms with Gasteiger partial charge in [0.25, 0.3) is 0 Å². The van der Waals surface area contributed by atoms with Crippen LogP contribution < -0.4 is 9.80 Å². The van der Waals surface area contributed by atoms with Crippen molar-refractivity contribution < 1.29 is 14.1 Å².